The molecule has 2 rings (SSSR count). The van der Waals surface area contributed by atoms with Crippen molar-refractivity contribution >= 4 is 11.8 Å². The largest absolute Gasteiger partial charge is 0.396 e. The predicted octanol–water partition coefficient (Wildman–Crippen LogP) is 3.19. The van der Waals surface area contributed by atoms with Crippen molar-refractivity contribution in [3.8, 4) is 0 Å². The maximum absolute atomic E-state index is 8.69. The zero-order valence-electron chi connectivity index (χ0n) is 10.9. The van der Waals surface area contributed by atoms with Crippen LogP contribution in [0.15, 0.2) is 29.2 Å². The van der Waals surface area contributed by atoms with Gasteiger partial charge in [0.1, 0.15) is 0 Å². The highest BCUT2D eigenvalue weighted by atomic mass is 32.2. The highest BCUT2D eigenvalue weighted by Crippen LogP contribution is 2.22. The zero-order chi connectivity index (χ0) is 12.6. The van der Waals surface area contributed by atoms with Crippen LogP contribution in [0.3, 0.4) is 0 Å². The smallest absolute Gasteiger partial charge is 0.0431 e. The number of rotatable bonds is 9. The lowest BCUT2D eigenvalue weighted by molar-refractivity contribution is 0.284. The molecule has 0 bridgehead atoms. The van der Waals surface area contributed by atoms with Crippen LogP contribution in [0.5, 0.6) is 0 Å². The molecule has 1 aliphatic carbocycles. The van der Waals surface area contributed by atoms with Gasteiger partial charge in [-0.3, -0.25) is 0 Å². The molecule has 0 amide bonds. The van der Waals surface area contributed by atoms with Gasteiger partial charge in [0, 0.05) is 24.1 Å². The second-order valence-corrected chi connectivity index (χ2v) is 6.10. The summed E-state index contributed by atoms with van der Waals surface area (Å²) in [6.07, 6.45) is 5.96. The van der Waals surface area contributed by atoms with Crippen LogP contribution in [-0.4, -0.2) is 23.5 Å². The lowest BCUT2D eigenvalue weighted by Crippen LogP contribution is -2.14. The molecule has 1 aliphatic rings. The van der Waals surface area contributed by atoms with Gasteiger partial charge < -0.3 is 10.4 Å². The fraction of sp³-hybridized carbons (Fsp3) is 0.600. The van der Waals surface area contributed by atoms with Crippen LogP contribution >= 0.6 is 11.8 Å². The van der Waals surface area contributed by atoms with Crippen molar-refractivity contribution in [2.75, 3.05) is 12.4 Å². The van der Waals surface area contributed by atoms with Gasteiger partial charge >= 0.3 is 0 Å². The molecule has 0 aliphatic heterocycles. The summed E-state index contributed by atoms with van der Waals surface area (Å²) in [5.74, 6) is 1.15. The molecule has 1 fully saturated rings. The first kappa shape index (κ1) is 13.9. The van der Waals surface area contributed by atoms with E-state index in [9.17, 15) is 0 Å². The summed E-state index contributed by atoms with van der Waals surface area (Å²) < 4.78 is 0. The van der Waals surface area contributed by atoms with E-state index in [-0.39, 0.29) is 0 Å². The second-order valence-electron chi connectivity index (χ2n) is 4.93. The third-order valence-electron chi connectivity index (χ3n) is 3.17. The molecule has 3 heteroatoms. The van der Waals surface area contributed by atoms with E-state index in [4.69, 9.17) is 5.11 Å². The van der Waals surface area contributed by atoms with Crippen LogP contribution in [0.25, 0.3) is 0 Å². The van der Waals surface area contributed by atoms with Crippen molar-refractivity contribution in [1.82, 2.24) is 5.32 Å². The van der Waals surface area contributed by atoms with Crippen molar-refractivity contribution < 1.29 is 5.11 Å². The minimum absolute atomic E-state index is 0.327. The molecule has 1 aromatic rings. The zero-order valence-corrected chi connectivity index (χ0v) is 11.7. The predicted molar refractivity (Wildman–Crippen MR) is 78.0 cm³/mol. The Hall–Kier alpha value is -0.510. The van der Waals surface area contributed by atoms with Gasteiger partial charge in [-0.2, -0.15) is 0 Å². The SMILES string of the molecule is OCCCCCSc1ccc(CNC2CC2)cc1. The Bertz CT molecular complexity index is 335. The van der Waals surface area contributed by atoms with Crippen molar-refractivity contribution in [3.63, 3.8) is 0 Å². The highest BCUT2D eigenvalue weighted by molar-refractivity contribution is 7.99. The molecule has 0 heterocycles. The fourth-order valence-corrected chi connectivity index (χ4v) is 2.75. The summed E-state index contributed by atoms with van der Waals surface area (Å²) in [4.78, 5) is 1.36. The van der Waals surface area contributed by atoms with Crippen molar-refractivity contribution in [2.45, 2.75) is 49.6 Å². The maximum Gasteiger partial charge on any atom is 0.0431 e. The number of hydrogen-bond acceptors (Lipinski definition) is 3. The van der Waals surface area contributed by atoms with Crippen molar-refractivity contribution in [1.29, 1.82) is 0 Å². The van der Waals surface area contributed by atoms with E-state index in [0.29, 0.717) is 6.61 Å². The van der Waals surface area contributed by atoms with E-state index < -0.39 is 0 Å². The van der Waals surface area contributed by atoms with E-state index in [0.717, 1.165) is 31.2 Å². The third-order valence-corrected chi connectivity index (χ3v) is 4.27. The highest BCUT2D eigenvalue weighted by Gasteiger charge is 2.19. The van der Waals surface area contributed by atoms with E-state index in [2.05, 4.69) is 29.6 Å². The van der Waals surface area contributed by atoms with E-state index in [1.165, 1.54) is 29.7 Å². The number of aliphatic hydroxyl groups excluding tert-OH is 1. The molecule has 0 spiro atoms. The number of unbranched alkanes of at least 4 members (excludes halogenated alkanes) is 2. The molecule has 2 N–H and O–H groups in total. The Balaban J connectivity index is 1.63. The lowest BCUT2D eigenvalue weighted by atomic mass is 10.2. The quantitative estimate of drug-likeness (QED) is 0.531. The van der Waals surface area contributed by atoms with E-state index >= 15 is 0 Å². The Labute approximate surface area is 114 Å². The fourth-order valence-electron chi connectivity index (χ4n) is 1.83. The number of aliphatic hydroxyl groups is 1. The van der Waals surface area contributed by atoms with Crippen LogP contribution < -0.4 is 5.32 Å². The Kier molecular flexibility index (Phi) is 6.05. The summed E-state index contributed by atoms with van der Waals surface area (Å²) in [5.41, 5.74) is 1.38. The van der Waals surface area contributed by atoms with Crippen molar-refractivity contribution in [3.05, 3.63) is 29.8 Å². The number of benzene rings is 1. The number of nitrogens with one attached hydrogen (secondary N) is 1. The van der Waals surface area contributed by atoms with Crippen LogP contribution in [0.2, 0.25) is 0 Å². The third kappa shape index (κ3) is 5.42. The molecule has 0 aromatic heterocycles. The number of thioether (sulfide) groups is 1. The number of hydrogen-bond donors (Lipinski definition) is 2. The topological polar surface area (TPSA) is 32.3 Å². The molecule has 100 valence electrons. The molecule has 0 radical (unpaired) electrons. The average Bonchev–Trinajstić information content (AvgIpc) is 3.22. The van der Waals surface area contributed by atoms with Crippen LogP contribution in [0, 0.1) is 0 Å². The first-order valence-corrected chi connectivity index (χ1v) is 7.93. The molecule has 2 nitrogen and oxygen atoms in total. The summed E-state index contributed by atoms with van der Waals surface area (Å²) in [7, 11) is 0. The van der Waals surface area contributed by atoms with E-state index in [1.54, 1.807) is 0 Å². The van der Waals surface area contributed by atoms with Crippen LogP contribution in [0.1, 0.15) is 37.7 Å². The monoisotopic (exact) mass is 265 g/mol. The first-order valence-electron chi connectivity index (χ1n) is 6.94. The van der Waals surface area contributed by atoms with E-state index in [1.807, 2.05) is 11.8 Å². The molecule has 0 saturated heterocycles. The van der Waals surface area contributed by atoms with Gasteiger partial charge in [0.05, 0.1) is 0 Å². The first-order chi connectivity index (χ1) is 8.88. The van der Waals surface area contributed by atoms with Crippen LogP contribution in [0.4, 0.5) is 0 Å². The lowest BCUT2D eigenvalue weighted by Gasteiger charge is -2.05. The van der Waals surface area contributed by atoms with Crippen molar-refractivity contribution in [2.24, 2.45) is 0 Å². The standard InChI is InChI=1S/C15H23NOS/c17-10-2-1-3-11-18-15-8-4-13(5-9-15)12-16-14-6-7-14/h4-5,8-9,14,16-17H,1-3,6-7,10-12H2. The van der Waals surface area contributed by atoms with Gasteiger partial charge in [-0.15, -0.1) is 11.8 Å². The van der Waals surface area contributed by atoms with Gasteiger partial charge in [0.15, 0.2) is 0 Å². The molecule has 0 unspecified atom stereocenters. The normalized spacial score (nSPS) is 14.9. The summed E-state index contributed by atoms with van der Waals surface area (Å²) >= 11 is 1.91. The minimum atomic E-state index is 0.327. The van der Waals surface area contributed by atoms with Gasteiger partial charge in [0.25, 0.3) is 0 Å². The molecule has 0 atom stereocenters. The summed E-state index contributed by atoms with van der Waals surface area (Å²) in [5, 5.41) is 12.2. The Morgan fingerprint density at radius 3 is 2.56 bits per heavy atom. The molecular weight excluding hydrogens is 242 g/mol. The molecule has 1 aromatic carbocycles. The van der Waals surface area contributed by atoms with Gasteiger partial charge in [-0.25, -0.2) is 0 Å². The van der Waals surface area contributed by atoms with Gasteiger partial charge in [-0.1, -0.05) is 18.6 Å². The van der Waals surface area contributed by atoms with Crippen LogP contribution in [-0.2, 0) is 6.54 Å². The molecule has 1 saturated carbocycles. The Morgan fingerprint density at radius 1 is 1.11 bits per heavy atom. The summed E-state index contributed by atoms with van der Waals surface area (Å²) in [6, 6.07) is 9.68. The minimum Gasteiger partial charge on any atom is -0.396 e. The second kappa shape index (κ2) is 7.82. The summed E-state index contributed by atoms with van der Waals surface area (Å²) in [6.45, 7) is 1.33. The van der Waals surface area contributed by atoms with Gasteiger partial charge in [0.2, 0.25) is 0 Å². The maximum atomic E-state index is 8.69. The molecule has 18 heavy (non-hydrogen) atoms. The van der Waals surface area contributed by atoms with Gasteiger partial charge in [-0.05, 0) is 49.1 Å². The Morgan fingerprint density at radius 2 is 1.89 bits per heavy atom. The average molecular weight is 265 g/mol. The molecular formula is C15H23NOS.